The van der Waals surface area contributed by atoms with E-state index in [1.165, 1.54) is 44.6 Å². The van der Waals surface area contributed by atoms with Gasteiger partial charge in [-0.25, -0.2) is 4.39 Å². The monoisotopic (exact) mass is 457 g/mol. The molecule has 6 heteroatoms. The highest BCUT2D eigenvalue weighted by Gasteiger charge is 2.14. The van der Waals surface area contributed by atoms with Gasteiger partial charge in [-0.05, 0) is 43.7 Å². The molecule has 0 aliphatic rings. The largest absolute Gasteiger partial charge is 0.490 e. The lowest BCUT2D eigenvalue weighted by Gasteiger charge is -2.16. The highest BCUT2D eigenvalue weighted by molar-refractivity contribution is 6.32. The predicted octanol–water partition coefficient (Wildman–Crippen LogP) is 7.33. The highest BCUT2D eigenvalue weighted by atomic mass is 35.5. The topological polar surface area (TPSA) is 30.5 Å². The zero-order valence-corrected chi connectivity index (χ0v) is 19.6. The van der Waals surface area contributed by atoms with Crippen LogP contribution in [-0.4, -0.2) is 13.2 Å². The molecule has 0 aliphatic carbocycles. The predicted molar refractivity (Wildman–Crippen MR) is 126 cm³/mol. The fraction of sp³-hybridized carbons (Fsp3) is 0.500. The first-order chi connectivity index (χ1) is 14.2. The van der Waals surface area contributed by atoms with Crippen LogP contribution in [0, 0.1) is 5.82 Å². The maximum atomic E-state index is 13.8. The third-order valence-electron chi connectivity index (χ3n) is 4.74. The molecule has 0 bridgehead atoms. The standard InChI is InChI=1S/C24H33ClFNO2.ClH/c1-3-5-6-7-8-11-14-27-17-19-15-21(25)24(23(16-19)28-4-2)29-18-20-12-9-10-13-22(20)26;/h9-10,12-13,15-16,27H,3-8,11,14,17-18H2,1-2H3;1H. The molecule has 2 aromatic rings. The van der Waals surface area contributed by atoms with Gasteiger partial charge in [-0.15, -0.1) is 12.4 Å². The molecule has 0 atom stereocenters. The number of benzene rings is 2. The van der Waals surface area contributed by atoms with Crippen LogP contribution >= 0.6 is 24.0 Å². The van der Waals surface area contributed by atoms with Crippen molar-refractivity contribution in [3.8, 4) is 11.5 Å². The van der Waals surface area contributed by atoms with Crippen LogP contribution in [0.4, 0.5) is 4.39 Å². The van der Waals surface area contributed by atoms with Crippen LogP contribution in [0.2, 0.25) is 5.02 Å². The Morgan fingerprint density at radius 2 is 1.70 bits per heavy atom. The third-order valence-corrected chi connectivity index (χ3v) is 5.02. The van der Waals surface area contributed by atoms with Crippen LogP contribution in [0.3, 0.4) is 0 Å². The van der Waals surface area contributed by atoms with Crippen molar-refractivity contribution < 1.29 is 13.9 Å². The van der Waals surface area contributed by atoms with Gasteiger partial charge < -0.3 is 14.8 Å². The number of unbranched alkanes of at least 4 members (excludes halogenated alkanes) is 5. The number of hydrogen-bond acceptors (Lipinski definition) is 3. The van der Waals surface area contributed by atoms with E-state index in [1.54, 1.807) is 18.2 Å². The van der Waals surface area contributed by atoms with Crippen LogP contribution in [0.15, 0.2) is 36.4 Å². The van der Waals surface area contributed by atoms with E-state index >= 15 is 0 Å². The van der Waals surface area contributed by atoms with Gasteiger partial charge in [0, 0.05) is 12.1 Å². The SMILES string of the molecule is CCCCCCCCNCc1cc(Cl)c(OCc2ccccc2F)c(OCC)c1.Cl. The van der Waals surface area contributed by atoms with Crippen molar-refractivity contribution in [2.24, 2.45) is 0 Å². The fourth-order valence-electron chi connectivity index (χ4n) is 3.15. The van der Waals surface area contributed by atoms with Crippen molar-refractivity contribution in [1.82, 2.24) is 5.32 Å². The van der Waals surface area contributed by atoms with Crippen molar-refractivity contribution in [3.63, 3.8) is 0 Å². The molecule has 0 radical (unpaired) electrons. The zero-order valence-electron chi connectivity index (χ0n) is 18.0. The summed E-state index contributed by atoms with van der Waals surface area (Å²) in [5, 5.41) is 3.94. The summed E-state index contributed by atoms with van der Waals surface area (Å²) in [6, 6.07) is 10.4. The van der Waals surface area contributed by atoms with Gasteiger partial charge in [0.2, 0.25) is 0 Å². The fourth-order valence-corrected chi connectivity index (χ4v) is 3.44. The Morgan fingerprint density at radius 3 is 2.43 bits per heavy atom. The molecule has 0 spiro atoms. The van der Waals surface area contributed by atoms with Crippen LogP contribution in [0.5, 0.6) is 11.5 Å². The van der Waals surface area contributed by atoms with Crippen molar-refractivity contribution in [1.29, 1.82) is 0 Å². The molecule has 0 saturated carbocycles. The Morgan fingerprint density at radius 1 is 0.967 bits per heavy atom. The summed E-state index contributed by atoms with van der Waals surface area (Å²) in [5.74, 6) is 0.751. The molecular weight excluding hydrogens is 424 g/mol. The smallest absolute Gasteiger partial charge is 0.180 e. The Hall–Kier alpha value is -1.49. The highest BCUT2D eigenvalue weighted by Crippen LogP contribution is 2.37. The van der Waals surface area contributed by atoms with Crippen molar-refractivity contribution in [3.05, 3.63) is 58.4 Å². The first-order valence-corrected chi connectivity index (χ1v) is 11.1. The van der Waals surface area contributed by atoms with Crippen molar-refractivity contribution in [2.45, 2.75) is 65.5 Å². The second-order valence-corrected chi connectivity index (χ2v) is 7.57. The molecule has 0 aromatic heterocycles. The van der Waals surface area contributed by atoms with E-state index in [0.29, 0.717) is 28.7 Å². The molecule has 2 aromatic carbocycles. The van der Waals surface area contributed by atoms with Gasteiger partial charge in [-0.1, -0.05) is 68.8 Å². The summed E-state index contributed by atoms with van der Waals surface area (Å²) in [5.41, 5.74) is 1.53. The van der Waals surface area contributed by atoms with E-state index in [1.807, 2.05) is 19.1 Å². The van der Waals surface area contributed by atoms with E-state index < -0.39 is 0 Å². The first kappa shape index (κ1) is 26.5. The van der Waals surface area contributed by atoms with Gasteiger partial charge in [0.1, 0.15) is 12.4 Å². The molecule has 3 nitrogen and oxygen atoms in total. The van der Waals surface area contributed by atoms with Crippen LogP contribution in [-0.2, 0) is 13.2 Å². The Balaban J connectivity index is 0.00000450. The molecule has 0 heterocycles. The van der Waals surface area contributed by atoms with E-state index in [9.17, 15) is 4.39 Å². The second kappa shape index (κ2) is 15.3. The molecule has 2 rings (SSSR count). The van der Waals surface area contributed by atoms with E-state index in [2.05, 4.69) is 12.2 Å². The first-order valence-electron chi connectivity index (χ1n) is 10.7. The van der Waals surface area contributed by atoms with E-state index in [0.717, 1.165) is 18.7 Å². The average molecular weight is 458 g/mol. The molecule has 0 fully saturated rings. The molecule has 0 aliphatic heterocycles. The molecule has 168 valence electrons. The minimum absolute atomic E-state index is 0. The number of rotatable bonds is 14. The molecule has 0 saturated heterocycles. The van der Waals surface area contributed by atoms with Crippen LogP contribution in [0.25, 0.3) is 0 Å². The lowest BCUT2D eigenvalue weighted by Crippen LogP contribution is -2.15. The lowest BCUT2D eigenvalue weighted by atomic mass is 10.1. The second-order valence-electron chi connectivity index (χ2n) is 7.16. The summed E-state index contributed by atoms with van der Waals surface area (Å²) in [6.07, 6.45) is 7.70. The minimum atomic E-state index is -0.294. The lowest BCUT2D eigenvalue weighted by molar-refractivity contribution is 0.266. The van der Waals surface area contributed by atoms with Gasteiger partial charge in [-0.2, -0.15) is 0 Å². The van der Waals surface area contributed by atoms with Crippen molar-refractivity contribution >= 4 is 24.0 Å². The van der Waals surface area contributed by atoms with Crippen LogP contribution < -0.4 is 14.8 Å². The molecule has 30 heavy (non-hydrogen) atoms. The van der Waals surface area contributed by atoms with E-state index in [4.69, 9.17) is 21.1 Å². The Kier molecular flexibility index (Phi) is 13.6. The number of halogens is 3. The normalized spacial score (nSPS) is 10.5. The maximum Gasteiger partial charge on any atom is 0.180 e. The summed E-state index contributed by atoms with van der Waals surface area (Å²) < 4.78 is 25.4. The van der Waals surface area contributed by atoms with Crippen LogP contribution in [0.1, 0.15) is 63.5 Å². The quantitative estimate of drug-likeness (QED) is 0.301. The van der Waals surface area contributed by atoms with Gasteiger partial charge in [0.05, 0.1) is 11.6 Å². The third kappa shape index (κ3) is 9.11. The summed E-state index contributed by atoms with van der Waals surface area (Å²) in [6.45, 7) is 6.46. The summed E-state index contributed by atoms with van der Waals surface area (Å²) >= 11 is 6.46. The number of ether oxygens (including phenoxy) is 2. The van der Waals surface area contributed by atoms with Gasteiger partial charge >= 0.3 is 0 Å². The Bertz CT molecular complexity index is 743. The molecule has 1 N–H and O–H groups in total. The summed E-state index contributed by atoms with van der Waals surface area (Å²) in [7, 11) is 0. The number of hydrogen-bond donors (Lipinski definition) is 1. The minimum Gasteiger partial charge on any atom is -0.490 e. The molecule has 0 amide bonds. The molecule has 0 unspecified atom stereocenters. The van der Waals surface area contributed by atoms with Gasteiger partial charge in [0.15, 0.2) is 11.5 Å². The van der Waals surface area contributed by atoms with E-state index in [-0.39, 0.29) is 24.8 Å². The Labute approximate surface area is 191 Å². The average Bonchev–Trinajstić information content (AvgIpc) is 2.71. The number of nitrogens with one attached hydrogen (secondary N) is 1. The maximum absolute atomic E-state index is 13.8. The van der Waals surface area contributed by atoms with Crippen molar-refractivity contribution in [2.75, 3.05) is 13.2 Å². The van der Waals surface area contributed by atoms with Gasteiger partial charge in [-0.3, -0.25) is 0 Å². The summed E-state index contributed by atoms with van der Waals surface area (Å²) in [4.78, 5) is 0. The molecular formula is C24H34Cl2FNO2. The van der Waals surface area contributed by atoms with Gasteiger partial charge in [0.25, 0.3) is 0 Å². The zero-order chi connectivity index (χ0) is 20.9.